The molecule has 2 N–H and O–H groups in total. The van der Waals surface area contributed by atoms with Gasteiger partial charge in [-0.15, -0.1) is 31.7 Å². The third-order valence-corrected chi connectivity index (χ3v) is 7.85. The number of piperidine rings is 1. The second kappa shape index (κ2) is 12.2. The summed E-state index contributed by atoms with van der Waals surface area (Å²) in [6, 6.07) is 20.5. The van der Waals surface area contributed by atoms with E-state index in [0.717, 1.165) is 47.9 Å². The molecular formula is C29H30N6O3S. The predicted octanol–water partition coefficient (Wildman–Crippen LogP) is 4.05. The van der Waals surface area contributed by atoms with Gasteiger partial charge in [-0.2, -0.15) is 0 Å². The lowest BCUT2D eigenvalue weighted by Gasteiger charge is -2.31. The molecule has 0 aliphatic carbocycles. The molecule has 0 radical (unpaired) electrons. The zero-order valence-electron chi connectivity index (χ0n) is 21.7. The van der Waals surface area contributed by atoms with Crippen LogP contribution in [0, 0.1) is 6.92 Å². The summed E-state index contributed by atoms with van der Waals surface area (Å²) in [5.41, 5.74) is 2.66. The van der Waals surface area contributed by atoms with E-state index in [1.54, 1.807) is 30.3 Å². The Morgan fingerprint density at radius 3 is 2.49 bits per heavy atom. The molecule has 1 aliphatic rings. The minimum absolute atomic E-state index is 0.0655. The zero-order valence-corrected chi connectivity index (χ0v) is 22.5. The fourth-order valence-corrected chi connectivity index (χ4v) is 5.70. The van der Waals surface area contributed by atoms with E-state index in [-0.39, 0.29) is 30.4 Å². The van der Waals surface area contributed by atoms with E-state index < -0.39 is 6.10 Å². The van der Waals surface area contributed by atoms with Crippen molar-refractivity contribution in [2.45, 2.75) is 44.6 Å². The normalized spacial score (nSPS) is 14.7. The molecule has 10 heteroatoms. The van der Waals surface area contributed by atoms with Gasteiger partial charge in [-0.05, 0) is 43.0 Å². The molecule has 5 rings (SSSR count). The highest BCUT2D eigenvalue weighted by molar-refractivity contribution is 7.11. The number of nitrogens with zero attached hydrogens (tertiary/aromatic N) is 5. The predicted molar refractivity (Wildman–Crippen MR) is 150 cm³/mol. The van der Waals surface area contributed by atoms with Crippen molar-refractivity contribution in [3.05, 3.63) is 93.4 Å². The van der Waals surface area contributed by atoms with Crippen LogP contribution in [0.15, 0.2) is 66.7 Å². The minimum atomic E-state index is -1.16. The number of aliphatic hydroxyl groups excluding tert-OH is 1. The highest BCUT2D eigenvalue weighted by atomic mass is 32.1. The lowest BCUT2D eigenvalue weighted by Crippen LogP contribution is -2.33. The average molecular weight is 543 g/mol. The first-order valence-electron chi connectivity index (χ1n) is 13.0. The molecule has 1 fully saturated rings. The number of hydrogen-bond acceptors (Lipinski definition) is 9. The Labute approximate surface area is 230 Å². The Hall–Kier alpha value is -4.02. The number of aromatic nitrogens is 4. The van der Waals surface area contributed by atoms with Gasteiger partial charge < -0.3 is 15.3 Å². The van der Waals surface area contributed by atoms with Gasteiger partial charge in [-0.3, -0.25) is 9.59 Å². The molecule has 2 aromatic heterocycles. The Morgan fingerprint density at radius 2 is 1.77 bits per heavy atom. The summed E-state index contributed by atoms with van der Waals surface area (Å²) in [5.74, 6) is 1.04. The number of anilines is 2. The SMILES string of the molecule is Cc1cccc(CC(=O)Nc2ccc(N3CCC(c4nnc(CC(=O)[C@H](O)c5ccccc5)s4)CC3)nn2)c1. The number of ketones is 1. The fraction of sp³-hybridized carbons (Fsp3) is 0.310. The van der Waals surface area contributed by atoms with Gasteiger partial charge in [-0.25, -0.2) is 0 Å². The summed E-state index contributed by atoms with van der Waals surface area (Å²) in [7, 11) is 0. The Morgan fingerprint density at radius 1 is 0.974 bits per heavy atom. The second-order valence-corrected chi connectivity index (χ2v) is 10.8. The molecule has 1 amide bonds. The lowest BCUT2D eigenvalue weighted by molar-refractivity contribution is -0.126. The van der Waals surface area contributed by atoms with E-state index in [1.807, 2.05) is 43.3 Å². The molecule has 4 aromatic rings. The smallest absolute Gasteiger partial charge is 0.229 e. The molecular weight excluding hydrogens is 512 g/mol. The van der Waals surface area contributed by atoms with Gasteiger partial charge in [0, 0.05) is 19.0 Å². The summed E-state index contributed by atoms with van der Waals surface area (Å²) in [5, 5.41) is 31.8. The van der Waals surface area contributed by atoms with Crippen molar-refractivity contribution >= 4 is 34.7 Å². The highest BCUT2D eigenvalue weighted by Crippen LogP contribution is 2.32. The number of carbonyl (C=O) groups is 2. The van der Waals surface area contributed by atoms with Gasteiger partial charge in [0.15, 0.2) is 17.4 Å². The number of aryl methyl sites for hydroxylation is 1. The van der Waals surface area contributed by atoms with Crippen molar-refractivity contribution < 1.29 is 14.7 Å². The Kier molecular flexibility index (Phi) is 8.33. The van der Waals surface area contributed by atoms with E-state index in [4.69, 9.17) is 0 Å². The molecule has 1 saturated heterocycles. The van der Waals surface area contributed by atoms with Crippen LogP contribution < -0.4 is 10.2 Å². The summed E-state index contributed by atoms with van der Waals surface area (Å²) in [6.45, 7) is 3.58. The number of hydrogen-bond donors (Lipinski definition) is 2. The summed E-state index contributed by atoms with van der Waals surface area (Å²) < 4.78 is 0. The van der Waals surface area contributed by atoms with Gasteiger partial charge >= 0.3 is 0 Å². The Balaban J connectivity index is 1.10. The summed E-state index contributed by atoms with van der Waals surface area (Å²) in [6.07, 6.45) is 0.956. The molecule has 9 nitrogen and oxygen atoms in total. The molecule has 0 spiro atoms. The number of aliphatic hydroxyl groups is 1. The molecule has 3 heterocycles. The van der Waals surface area contributed by atoms with E-state index in [9.17, 15) is 14.7 Å². The molecule has 200 valence electrons. The van der Waals surface area contributed by atoms with E-state index in [2.05, 4.69) is 30.6 Å². The van der Waals surface area contributed by atoms with Crippen LogP contribution >= 0.6 is 11.3 Å². The molecule has 1 aliphatic heterocycles. The number of nitrogens with one attached hydrogen (secondary N) is 1. The maximum Gasteiger partial charge on any atom is 0.229 e. The highest BCUT2D eigenvalue weighted by Gasteiger charge is 2.26. The first-order valence-corrected chi connectivity index (χ1v) is 13.8. The van der Waals surface area contributed by atoms with E-state index >= 15 is 0 Å². The van der Waals surface area contributed by atoms with Crippen molar-refractivity contribution in [3.63, 3.8) is 0 Å². The van der Waals surface area contributed by atoms with E-state index in [0.29, 0.717) is 16.4 Å². The molecule has 39 heavy (non-hydrogen) atoms. The Bertz CT molecular complexity index is 1420. The van der Waals surface area contributed by atoms with Crippen molar-refractivity contribution in [2.75, 3.05) is 23.3 Å². The number of rotatable bonds is 9. The van der Waals surface area contributed by atoms with Crippen LogP contribution in [0.25, 0.3) is 0 Å². The number of Topliss-reactive ketones (excluding diaryl/α,β-unsaturated/α-hetero) is 1. The van der Waals surface area contributed by atoms with Crippen molar-refractivity contribution in [1.82, 2.24) is 20.4 Å². The van der Waals surface area contributed by atoms with Crippen molar-refractivity contribution in [1.29, 1.82) is 0 Å². The van der Waals surface area contributed by atoms with E-state index in [1.165, 1.54) is 11.3 Å². The van der Waals surface area contributed by atoms with Gasteiger partial charge in [-0.1, -0.05) is 60.2 Å². The first-order chi connectivity index (χ1) is 18.9. The average Bonchev–Trinajstić information content (AvgIpc) is 3.42. The number of amides is 1. The molecule has 0 unspecified atom stereocenters. The topological polar surface area (TPSA) is 121 Å². The maximum absolute atomic E-state index is 12.5. The standard InChI is InChI=1S/C29H30N6O3S/c1-19-6-5-7-20(16-19)17-26(37)30-24-10-11-25(32-31-24)35-14-12-22(13-15-35)29-34-33-27(39-29)18-23(36)28(38)21-8-3-2-4-9-21/h2-11,16,22,28,38H,12-15,17-18H2,1H3,(H,30,31,37)/t28-/m1/s1. The van der Waals surface area contributed by atoms with Gasteiger partial charge in [0.05, 0.1) is 12.8 Å². The molecule has 0 saturated carbocycles. The summed E-state index contributed by atoms with van der Waals surface area (Å²) >= 11 is 1.45. The minimum Gasteiger partial charge on any atom is -0.381 e. The third-order valence-electron chi connectivity index (χ3n) is 6.76. The molecule has 2 aromatic carbocycles. The van der Waals surface area contributed by atoms with Gasteiger partial charge in [0.1, 0.15) is 16.1 Å². The molecule has 0 bridgehead atoms. The van der Waals surface area contributed by atoms with Crippen LogP contribution in [0.4, 0.5) is 11.6 Å². The maximum atomic E-state index is 12.5. The largest absolute Gasteiger partial charge is 0.381 e. The van der Waals surface area contributed by atoms with Gasteiger partial charge in [0.25, 0.3) is 0 Å². The first kappa shape index (κ1) is 26.6. The van der Waals surface area contributed by atoms with Crippen LogP contribution in [0.5, 0.6) is 0 Å². The number of carbonyl (C=O) groups excluding carboxylic acids is 2. The quantitative estimate of drug-likeness (QED) is 0.325. The second-order valence-electron chi connectivity index (χ2n) is 9.74. The zero-order chi connectivity index (χ0) is 27.2. The van der Waals surface area contributed by atoms with Crippen LogP contribution in [0.2, 0.25) is 0 Å². The van der Waals surface area contributed by atoms with Crippen molar-refractivity contribution in [3.8, 4) is 0 Å². The monoisotopic (exact) mass is 542 g/mol. The van der Waals surface area contributed by atoms with Crippen LogP contribution in [-0.2, 0) is 22.4 Å². The van der Waals surface area contributed by atoms with Crippen LogP contribution in [-0.4, -0.2) is 50.3 Å². The van der Waals surface area contributed by atoms with Gasteiger partial charge in [0.2, 0.25) is 5.91 Å². The van der Waals surface area contributed by atoms with Crippen LogP contribution in [0.3, 0.4) is 0 Å². The third kappa shape index (κ3) is 6.90. The summed E-state index contributed by atoms with van der Waals surface area (Å²) in [4.78, 5) is 27.1. The number of benzene rings is 2. The lowest BCUT2D eigenvalue weighted by atomic mass is 9.98. The fourth-order valence-electron chi connectivity index (χ4n) is 4.68. The molecule has 1 atom stereocenters. The van der Waals surface area contributed by atoms with Crippen LogP contribution in [0.1, 0.15) is 51.6 Å². The van der Waals surface area contributed by atoms with Crippen molar-refractivity contribution in [2.24, 2.45) is 0 Å².